The summed E-state index contributed by atoms with van der Waals surface area (Å²) in [4.78, 5) is 0. The van der Waals surface area contributed by atoms with Gasteiger partial charge in [0, 0.05) is 0 Å². The van der Waals surface area contributed by atoms with Crippen LogP contribution in [-0.2, 0) is 0 Å². The van der Waals surface area contributed by atoms with Crippen LogP contribution in [0.15, 0.2) is 60.7 Å². The maximum absolute atomic E-state index is 4.64. The number of aromatic nitrogens is 2. The molecule has 3 aromatic rings. The number of fused-ring (bicyclic) bond motifs is 1. The maximum atomic E-state index is 4.64. The molecule has 0 aliphatic carbocycles. The van der Waals surface area contributed by atoms with Crippen LogP contribution in [0.1, 0.15) is 65.4 Å². The van der Waals surface area contributed by atoms with Gasteiger partial charge >= 0.3 is 155 Å². The van der Waals surface area contributed by atoms with Gasteiger partial charge in [-0.2, -0.15) is 0 Å². The quantitative estimate of drug-likeness (QED) is 0.656. The average molecular weight is 396 g/mol. The van der Waals surface area contributed by atoms with E-state index in [1.54, 1.807) is 0 Å². The molecule has 2 aromatic carbocycles. The molecule has 0 bridgehead atoms. The van der Waals surface area contributed by atoms with Gasteiger partial charge in [-0.05, 0) is 0 Å². The third-order valence-electron chi connectivity index (χ3n) is 5.06. The van der Waals surface area contributed by atoms with Crippen LogP contribution >= 0.6 is 0 Å². The first-order valence-corrected chi connectivity index (χ1v) is 10.7. The Balaban J connectivity index is 1.77. The van der Waals surface area contributed by atoms with Crippen molar-refractivity contribution in [3.05, 3.63) is 81.9 Å². The summed E-state index contributed by atoms with van der Waals surface area (Å²) in [6.45, 7) is 2.26. The van der Waals surface area contributed by atoms with Crippen molar-refractivity contribution in [1.29, 1.82) is 0 Å². The zero-order chi connectivity index (χ0) is 17.1. The van der Waals surface area contributed by atoms with Crippen LogP contribution < -0.4 is 5.32 Å². The monoisotopic (exact) mass is 397 g/mol. The van der Waals surface area contributed by atoms with Crippen molar-refractivity contribution in [3.63, 3.8) is 0 Å². The molecule has 1 aliphatic rings. The normalized spacial score (nSPS) is 22.5. The van der Waals surface area contributed by atoms with E-state index in [0.717, 1.165) is 0 Å². The molecular weight excluding hydrogens is 373 g/mol. The molecule has 3 unspecified atom stereocenters. The SMILES string of the molecule is CCCCC1c2nn[se]c2C(c2ccccc2)NC1c1ccccc1. The Morgan fingerprint density at radius 2 is 1.64 bits per heavy atom. The third kappa shape index (κ3) is 3.35. The zero-order valence-corrected chi connectivity index (χ0v) is 16.1. The first-order chi connectivity index (χ1) is 12.4. The van der Waals surface area contributed by atoms with Gasteiger partial charge in [-0.1, -0.05) is 0 Å². The van der Waals surface area contributed by atoms with E-state index in [1.807, 2.05) is 0 Å². The molecule has 0 radical (unpaired) electrons. The molecule has 25 heavy (non-hydrogen) atoms. The van der Waals surface area contributed by atoms with Crippen molar-refractivity contribution < 1.29 is 0 Å². The molecule has 0 amide bonds. The number of nitrogens with zero attached hydrogens (tertiary/aromatic N) is 2. The number of hydrogen-bond acceptors (Lipinski definition) is 3. The summed E-state index contributed by atoms with van der Waals surface area (Å²) >= 11 is 0.120. The van der Waals surface area contributed by atoms with Crippen LogP contribution in [0.25, 0.3) is 0 Å². The molecule has 128 valence electrons. The summed E-state index contributed by atoms with van der Waals surface area (Å²) in [5.74, 6) is 0.422. The summed E-state index contributed by atoms with van der Waals surface area (Å²) in [5, 5.41) is 8.59. The van der Waals surface area contributed by atoms with Crippen LogP contribution in [-0.4, -0.2) is 23.9 Å². The Bertz CT molecular complexity index is 800. The Hall–Kier alpha value is -1.74. The van der Waals surface area contributed by atoms with Gasteiger partial charge < -0.3 is 0 Å². The molecular formula is C21H23N3Se. The second-order valence-corrected chi connectivity index (χ2v) is 8.32. The van der Waals surface area contributed by atoms with Crippen LogP contribution in [0.3, 0.4) is 0 Å². The fraction of sp³-hybridized carbons (Fsp3) is 0.333. The number of benzene rings is 2. The van der Waals surface area contributed by atoms with Gasteiger partial charge in [-0.15, -0.1) is 0 Å². The van der Waals surface area contributed by atoms with Crippen LogP contribution in [0.4, 0.5) is 0 Å². The predicted octanol–water partition coefficient (Wildman–Crippen LogP) is 4.24. The number of nitrogens with one attached hydrogen (secondary N) is 1. The molecule has 2 heterocycles. The zero-order valence-electron chi connectivity index (χ0n) is 14.4. The molecule has 0 fully saturated rings. The van der Waals surface area contributed by atoms with Gasteiger partial charge in [0.05, 0.1) is 0 Å². The topological polar surface area (TPSA) is 37.8 Å². The van der Waals surface area contributed by atoms with E-state index in [2.05, 4.69) is 82.1 Å². The average Bonchev–Trinajstić information content (AvgIpc) is 3.17. The van der Waals surface area contributed by atoms with Gasteiger partial charge in [0.25, 0.3) is 0 Å². The molecule has 1 aromatic heterocycles. The molecule has 0 saturated carbocycles. The van der Waals surface area contributed by atoms with Gasteiger partial charge in [0.2, 0.25) is 0 Å². The predicted molar refractivity (Wildman–Crippen MR) is 102 cm³/mol. The first kappa shape index (κ1) is 16.7. The van der Waals surface area contributed by atoms with E-state index in [1.165, 1.54) is 40.5 Å². The van der Waals surface area contributed by atoms with Crippen molar-refractivity contribution in [2.75, 3.05) is 0 Å². The van der Waals surface area contributed by atoms with E-state index >= 15 is 0 Å². The standard InChI is InChI=1S/C21H23N3Se/c1-2-3-14-17-18(15-10-6-4-7-11-15)22-19(16-12-8-5-9-13-16)21-20(17)23-24-25-21/h4-13,17-19,22H,2-3,14H2,1H3. The van der Waals surface area contributed by atoms with Crippen molar-refractivity contribution in [2.24, 2.45) is 0 Å². The minimum atomic E-state index is 0.120. The Morgan fingerprint density at radius 3 is 2.32 bits per heavy atom. The number of unbranched alkanes of at least 4 members (excludes halogenated alkanes) is 1. The van der Waals surface area contributed by atoms with Crippen LogP contribution in [0.5, 0.6) is 0 Å². The summed E-state index contributed by atoms with van der Waals surface area (Å²) in [6, 6.07) is 22.1. The molecule has 1 N–H and O–H groups in total. The van der Waals surface area contributed by atoms with E-state index < -0.39 is 0 Å². The Kier molecular flexibility index (Phi) is 5.12. The van der Waals surface area contributed by atoms with Crippen molar-refractivity contribution in [2.45, 2.75) is 44.2 Å². The second-order valence-electron chi connectivity index (χ2n) is 6.67. The van der Waals surface area contributed by atoms with Crippen LogP contribution in [0, 0.1) is 0 Å². The molecule has 4 heteroatoms. The number of hydrogen-bond donors (Lipinski definition) is 1. The van der Waals surface area contributed by atoms with E-state index in [9.17, 15) is 0 Å². The third-order valence-corrected chi connectivity index (χ3v) is 6.75. The van der Waals surface area contributed by atoms with Gasteiger partial charge in [-0.25, -0.2) is 0 Å². The molecule has 0 spiro atoms. The van der Waals surface area contributed by atoms with Gasteiger partial charge in [0.15, 0.2) is 0 Å². The van der Waals surface area contributed by atoms with E-state index in [4.69, 9.17) is 0 Å². The van der Waals surface area contributed by atoms with Crippen LogP contribution in [0.2, 0.25) is 0 Å². The summed E-state index contributed by atoms with van der Waals surface area (Å²) in [5.41, 5.74) is 3.93. The molecule has 3 atom stereocenters. The van der Waals surface area contributed by atoms with E-state index in [-0.39, 0.29) is 20.8 Å². The fourth-order valence-corrected chi connectivity index (χ4v) is 5.50. The van der Waals surface area contributed by atoms with E-state index in [0.29, 0.717) is 12.0 Å². The summed E-state index contributed by atoms with van der Waals surface area (Å²) in [7, 11) is 0. The molecule has 0 saturated heterocycles. The van der Waals surface area contributed by atoms with Gasteiger partial charge in [0.1, 0.15) is 0 Å². The molecule has 4 rings (SSSR count). The summed E-state index contributed by atoms with van der Waals surface area (Å²) in [6.07, 6.45) is 3.61. The second kappa shape index (κ2) is 7.65. The minimum absolute atomic E-state index is 0.120. The first-order valence-electron chi connectivity index (χ1n) is 9.06. The Labute approximate surface area is 155 Å². The van der Waals surface area contributed by atoms with Crippen molar-refractivity contribution >= 4 is 14.7 Å². The molecule has 3 nitrogen and oxygen atoms in total. The number of rotatable bonds is 5. The molecule has 1 aliphatic heterocycles. The van der Waals surface area contributed by atoms with Crippen molar-refractivity contribution in [3.8, 4) is 0 Å². The van der Waals surface area contributed by atoms with Gasteiger partial charge in [-0.3, -0.25) is 0 Å². The van der Waals surface area contributed by atoms with Crippen molar-refractivity contribution in [1.82, 2.24) is 14.5 Å². The fourth-order valence-electron chi connectivity index (χ4n) is 3.80. The Morgan fingerprint density at radius 1 is 0.960 bits per heavy atom. The summed E-state index contributed by atoms with van der Waals surface area (Å²) < 4.78 is 5.89.